The maximum atomic E-state index is 11.3. The second-order valence-electron chi connectivity index (χ2n) is 3.59. The molecule has 0 radical (unpaired) electrons. The first kappa shape index (κ1) is 12.2. The molecule has 86 valence electrons. The van der Waals surface area contributed by atoms with Crippen molar-refractivity contribution in [3.8, 4) is 0 Å². The molecule has 0 saturated carbocycles. The summed E-state index contributed by atoms with van der Waals surface area (Å²) < 4.78 is 0. The third kappa shape index (κ3) is 4.54. The molecule has 0 aliphatic heterocycles. The Kier molecular flexibility index (Phi) is 4.44. The van der Waals surface area contributed by atoms with Crippen LogP contribution < -0.4 is 10.6 Å². The largest absolute Gasteiger partial charge is 0.334 e. The van der Waals surface area contributed by atoms with Crippen LogP contribution in [0.3, 0.4) is 0 Å². The van der Waals surface area contributed by atoms with Crippen molar-refractivity contribution in [3.05, 3.63) is 35.9 Å². The fraction of sp³-hybridized carbons (Fsp3) is 0.364. The Labute approximate surface area is 95.0 Å². The molecule has 0 aliphatic rings. The molecule has 0 atom stereocenters. The monoisotopic (exact) mass is 220 g/mol. The summed E-state index contributed by atoms with van der Waals surface area (Å²) in [5, 5.41) is 5.37. The van der Waals surface area contributed by atoms with E-state index in [1.54, 1.807) is 12.3 Å². The van der Waals surface area contributed by atoms with Crippen LogP contribution in [0.4, 0.5) is 4.79 Å². The van der Waals surface area contributed by atoms with Gasteiger partial charge < -0.3 is 10.6 Å². The zero-order valence-electron chi connectivity index (χ0n) is 9.58. The van der Waals surface area contributed by atoms with Crippen molar-refractivity contribution in [1.29, 1.82) is 0 Å². The Balaban J connectivity index is 2.34. The van der Waals surface area contributed by atoms with Crippen molar-refractivity contribution in [2.45, 2.75) is 20.4 Å². The van der Waals surface area contributed by atoms with Gasteiger partial charge in [-0.05, 0) is 19.9 Å². The van der Waals surface area contributed by atoms with E-state index in [2.05, 4.69) is 27.2 Å². The minimum Gasteiger partial charge on any atom is -0.334 e. The van der Waals surface area contributed by atoms with Crippen LogP contribution >= 0.6 is 0 Å². The van der Waals surface area contributed by atoms with Crippen molar-refractivity contribution in [3.63, 3.8) is 0 Å². The Hall–Kier alpha value is -1.91. The number of rotatable bonds is 4. The molecule has 5 nitrogen and oxygen atoms in total. The first-order chi connectivity index (χ1) is 7.58. The number of hydrogen-bond donors (Lipinski definition) is 2. The Morgan fingerprint density at radius 3 is 2.88 bits per heavy atom. The van der Waals surface area contributed by atoms with Gasteiger partial charge in [0.2, 0.25) is 0 Å². The van der Waals surface area contributed by atoms with Crippen LogP contribution in [0.1, 0.15) is 18.4 Å². The minimum atomic E-state index is -0.223. The summed E-state index contributed by atoms with van der Waals surface area (Å²) in [5.74, 6) is 0.696. The molecule has 0 fully saturated rings. The first-order valence-electron chi connectivity index (χ1n) is 5.02. The summed E-state index contributed by atoms with van der Waals surface area (Å²) >= 11 is 0. The highest BCUT2D eigenvalue weighted by atomic mass is 16.2. The lowest BCUT2D eigenvalue weighted by molar-refractivity contribution is 0.241. The molecule has 0 bridgehead atoms. The SMILES string of the molecule is C=C(C)CNC(=O)NCc1ccnc(C)n1. The van der Waals surface area contributed by atoms with Crippen molar-refractivity contribution in [2.24, 2.45) is 0 Å². The standard InChI is InChI=1S/C11H16N4O/c1-8(2)6-13-11(16)14-7-10-4-5-12-9(3)15-10/h4-5H,1,6-7H2,2-3H3,(H2,13,14,16). The third-order valence-electron chi connectivity index (χ3n) is 1.81. The predicted molar refractivity (Wildman–Crippen MR) is 61.8 cm³/mol. The van der Waals surface area contributed by atoms with Gasteiger partial charge in [-0.2, -0.15) is 0 Å². The first-order valence-corrected chi connectivity index (χ1v) is 5.02. The van der Waals surface area contributed by atoms with Crippen molar-refractivity contribution < 1.29 is 4.79 Å². The van der Waals surface area contributed by atoms with Gasteiger partial charge in [-0.25, -0.2) is 14.8 Å². The molecule has 0 aromatic carbocycles. The van der Waals surface area contributed by atoms with E-state index in [-0.39, 0.29) is 6.03 Å². The number of carbonyl (C=O) groups is 1. The lowest BCUT2D eigenvalue weighted by atomic mass is 10.3. The van der Waals surface area contributed by atoms with E-state index in [9.17, 15) is 4.79 Å². The topological polar surface area (TPSA) is 66.9 Å². The minimum absolute atomic E-state index is 0.223. The van der Waals surface area contributed by atoms with Gasteiger partial charge in [0.25, 0.3) is 0 Å². The zero-order valence-corrected chi connectivity index (χ0v) is 9.58. The summed E-state index contributed by atoms with van der Waals surface area (Å²) in [6, 6.07) is 1.55. The summed E-state index contributed by atoms with van der Waals surface area (Å²) in [4.78, 5) is 19.4. The summed E-state index contributed by atoms with van der Waals surface area (Å²) in [7, 11) is 0. The lowest BCUT2D eigenvalue weighted by Gasteiger charge is -2.07. The third-order valence-corrected chi connectivity index (χ3v) is 1.81. The molecule has 5 heteroatoms. The van der Waals surface area contributed by atoms with E-state index < -0.39 is 0 Å². The van der Waals surface area contributed by atoms with Gasteiger partial charge in [-0.3, -0.25) is 0 Å². The number of carbonyl (C=O) groups excluding carboxylic acids is 1. The average molecular weight is 220 g/mol. The average Bonchev–Trinajstić information content (AvgIpc) is 2.23. The van der Waals surface area contributed by atoms with Crippen LogP contribution in [0.5, 0.6) is 0 Å². The van der Waals surface area contributed by atoms with Crippen LogP contribution in [-0.4, -0.2) is 22.5 Å². The lowest BCUT2D eigenvalue weighted by Crippen LogP contribution is -2.36. The van der Waals surface area contributed by atoms with Gasteiger partial charge in [0.1, 0.15) is 5.82 Å². The van der Waals surface area contributed by atoms with Gasteiger partial charge in [0.15, 0.2) is 0 Å². The molecule has 16 heavy (non-hydrogen) atoms. The maximum Gasteiger partial charge on any atom is 0.315 e. The number of amides is 2. The molecule has 1 aromatic heterocycles. The maximum absolute atomic E-state index is 11.3. The van der Waals surface area contributed by atoms with Gasteiger partial charge in [0, 0.05) is 12.7 Å². The van der Waals surface area contributed by atoms with E-state index in [1.807, 2.05) is 13.8 Å². The molecule has 2 N–H and O–H groups in total. The summed E-state index contributed by atoms with van der Waals surface area (Å²) in [5.41, 5.74) is 1.70. The van der Waals surface area contributed by atoms with Crippen LogP contribution in [0.15, 0.2) is 24.4 Å². The van der Waals surface area contributed by atoms with E-state index in [4.69, 9.17) is 0 Å². The van der Waals surface area contributed by atoms with Gasteiger partial charge >= 0.3 is 6.03 Å². The normalized spacial score (nSPS) is 9.62. The number of hydrogen-bond acceptors (Lipinski definition) is 3. The molecule has 1 rings (SSSR count). The number of aryl methyl sites for hydroxylation is 1. The van der Waals surface area contributed by atoms with Crippen molar-refractivity contribution in [1.82, 2.24) is 20.6 Å². The highest BCUT2D eigenvalue weighted by Gasteiger charge is 2.00. The molecule has 1 aromatic rings. The zero-order chi connectivity index (χ0) is 12.0. The van der Waals surface area contributed by atoms with Crippen LogP contribution in [-0.2, 0) is 6.54 Å². The molecule has 2 amide bonds. The smallest absolute Gasteiger partial charge is 0.315 e. The molecule has 0 unspecified atom stereocenters. The van der Waals surface area contributed by atoms with Crippen molar-refractivity contribution in [2.75, 3.05) is 6.54 Å². The highest BCUT2D eigenvalue weighted by molar-refractivity contribution is 5.73. The molecule has 1 heterocycles. The predicted octanol–water partition coefficient (Wildman–Crippen LogP) is 1.16. The van der Waals surface area contributed by atoms with E-state index in [0.717, 1.165) is 11.3 Å². The quantitative estimate of drug-likeness (QED) is 0.748. The molecule has 0 aliphatic carbocycles. The number of urea groups is 1. The highest BCUT2D eigenvalue weighted by Crippen LogP contribution is 1.93. The van der Waals surface area contributed by atoms with Gasteiger partial charge in [-0.15, -0.1) is 0 Å². The van der Waals surface area contributed by atoms with E-state index in [1.165, 1.54) is 0 Å². The Bertz CT molecular complexity index is 389. The van der Waals surface area contributed by atoms with Crippen LogP contribution in [0, 0.1) is 6.92 Å². The molecular weight excluding hydrogens is 204 g/mol. The fourth-order valence-electron chi connectivity index (χ4n) is 1.07. The molecule has 0 saturated heterocycles. The van der Waals surface area contributed by atoms with Gasteiger partial charge in [0.05, 0.1) is 12.2 Å². The second-order valence-corrected chi connectivity index (χ2v) is 3.59. The second kappa shape index (κ2) is 5.85. The number of nitrogens with zero attached hydrogens (tertiary/aromatic N) is 2. The summed E-state index contributed by atoms with van der Waals surface area (Å²) in [6.45, 7) is 8.23. The van der Waals surface area contributed by atoms with E-state index in [0.29, 0.717) is 18.9 Å². The van der Waals surface area contributed by atoms with E-state index >= 15 is 0 Å². The van der Waals surface area contributed by atoms with Crippen molar-refractivity contribution >= 4 is 6.03 Å². The number of aromatic nitrogens is 2. The van der Waals surface area contributed by atoms with Crippen LogP contribution in [0.25, 0.3) is 0 Å². The summed E-state index contributed by atoms with van der Waals surface area (Å²) in [6.07, 6.45) is 1.67. The van der Waals surface area contributed by atoms with Gasteiger partial charge in [-0.1, -0.05) is 12.2 Å². The fourth-order valence-corrected chi connectivity index (χ4v) is 1.07. The Morgan fingerprint density at radius 1 is 1.50 bits per heavy atom. The Morgan fingerprint density at radius 2 is 2.25 bits per heavy atom. The molecular formula is C11H16N4O. The molecule has 0 spiro atoms. The number of nitrogens with one attached hydrogen (secondary N) is 2. The van der Waals surface area contributed by atoms with Crippen LogP contribution in [0.2, 0.25) is 0 Å².